The zero-order valence-electron chi connectivity index (χ0n) is 18.7. The van der Waals surface area contributed by atoms with Gasteiger partial charge in [0.1, 0.15) is 5.60 Å². The molecule has 0 spiro atoms. The molecule has 1 fully saturated rings. The summed E-state index contributed by atoms with van der Waals surface area (Å²) in [5.41, 5.74) is -0.198. The molecule has 1 aliphatic heterocycles. The van der Waals surface area contributed by atoms with E-state index in [-0.39, 0.29) is 11.9 Å². The fourth-order valence-electron chi connectivity index (χ4n) is 2.90. The maximum absolute atomic E-state index is 12.5. The fourth-order valence-corrected chi connectivity index (χ4v) is 2.90. The molecule has 0 aromatic heterocycles. The van der Waals surface area contributed by atoms with Crippen LogP contribution in [0.3, 0.4) is 0 Å². The minimum Gasteiger partial charge on any atom is -0.456 e. The van der Waals surface area contributed by atoms with Gasteiger partial charge < -0.3 is 14.0 Å². The maximum Gasteiger partial charge on any atom is 0.458 e. The van der Waals surface area contributed by atoms with Crippen molar-refractivity contribution >= 4 is 13.1 Å². The molecule has 1 aromatic rings. The predicted molar refractivity (Wildman–Crippen MR) is 110 cm³/mol. The van der Waals surface area contributed by atoms with E-state index in [2.05, 4.69) is 6.58 Å². The molecule has 2 atom stereocenters. The van der Waals surface area contributed by atoms with Crippen LogP contribution in [0.25, 0.3) is 0 Å². The number of rotatable bonds is 6. The lowest BCUT2D eigenvalue weighted by Gasteiger charge is -2.32. The number of esters is 1. The molecule has 0 radical (unpaired) electrons. The van der Waals surface area contributed by atoms with Gasteiger partial charge in [-0.15, -0.1) is 6.58 Å². The van der Waals surface area contributed by atoms with Crippen LogP contribution in [-0.2, 0) is 14.0 Å². The molecule has 0 N–H and O–H groups in total. The third-order valence-corrected chi connectivity index (χ3v) is 5.03. The van der Waals surface area contributed by atoms with Gasteiger partial charge in [0.15, 0.2) is 0 Å². The number of hydrogen-bond donors (Lipinski definition) is 0. The summed E-state index contributed by atoms with van der Waals surface area (Å²) in [5, 5.41) is 0. The minimum atomic E-state index is -0.659. The Balaban J connectivity index is 2.28. The van der Waals surface area contributed by atoms with Crippen LogP contribution in [0.1, 0.15) is 78.1 Å². The van der Waals surface area contributed by atoms with Gasteiger partial charge in [-0.3, -0.25) is 0 Å². The van der Waals surface area contributed by atoms with Gasteiger partial charge in [-0.25, -0.2) is 4.79 Å². The SMILES string of the molecule is [2H][C@@H](B1OC(C)(C)C(C)(C)O1)[C@H](CC=C)c1cccc(C(=O)OC(C)(C)C)c1. The van der Waals surface area contributed by atoms with Gasteiger partial charge in [0.2, 0.25) is 0 Å². The van der Waals surface area contributed by atoms with Crippen LogP contribution in [0.2, 0.25) is 6.30 Å². The summed E-state index contributed by atoms with van der Waals surface area (Å²) in [6.45, 7) is 17.3. The lowest BCUT2D eigenvalue weighted by molar-refractivity contribution is 0.00578. The number of carbonyl (C=O) groups is 1. The van der Waals surface area contributed by atoms with Gasteiger partial charge in [-0.05, 0) is 84.8 Å². The highest BCUT2D eigenvalue weighted by Crippen LogP contribution is 2.40. The molecule has 0 aliphatic carbocycles. The van der Waals surface area contributed by atoms with Crippen LogP contribution in [0, 0.1) is 0 Å². The fraction of sp³-hybridized carbons (Fsp3) is 0.591. The highest BCUT2D eigenvalue weighted by molar-refractivity contribution is 6.45. The van der Waals surface area contributed by atoms with Crippen molar-refractivity contribution in [3.05, 3.63) is 48.0 Å². The van der Waals surface area contributed by atoms with Crippen LogP contribution >= 0.6 is 0 Å². The molecular formula is C22H33BO4. The summed E-state index contributed by atoms with van der Waals surface area (Å²) in [6, 6.07) is 7.28. The van der Waals surface area contributed by atoms with Crippen LogP contribution < -0.4 is 0 Å². The number of carbonyl (C=O) groups excluding carboxylic acids is 1. The highest BCUT2D eigenvalue weighted by Gasteiger charge is 2.51. The first-order valence-electron chi connectivity index (χ1n) is 10.1. The van der Waals surface area contributed by atoms with Crippen molar-refractivity contribution in [1.82, 2.24) is 0 Å². The summed E-state index contributed by atoms with van der Waals surface area (Å²) < 4.78 is 26.5. The van der Waals surface area contributed by atoms with E-state index in [4.69, 9.17) is 15.4 Å². The Morgan fingerprint density at radius 1 is 1.30 bits per heavy atom. The Labute approximate surface area is 165 Å². The van der Waals surface area contributed by atoms with Crippen molar-refractivity contribution in [3.8, 4) is 0 Å². The zero-order chi connectivity index (χ0) is 21.3. The Bertz CT molecular complexity index is 707. The molecule has 4 nitrogen and oxygen atoms in total. The molecular weight excluding hydrogens is 339 g/mol. The molecule has 1 saturated heterocycles. The highest BCUT2D eigenvalue weighted by atomic mass is 16.7. The molecule has 1 aliphatic rings. The van der Waals surface area contributed by atoms with Crippen molar-refractivity contribution < 1.29 is 20.2 Å². The van der Waals surface area contributed by atoms with E-state index in [1.807, 2.05) is 60.6 Å². The standard InChI is InChI=1S/C22H33BO4/c1-9-11-18(15-23-26-21(5,6)22(7,8)27-23)16-12-10-13-17(14-16)19(24)25-20(2,3)4/h9-10,12-14,18H,1,11,15H2,2-8H3/t18-/m0/s1/i15D/t15-,18+/m1. The third-order valence-electron chi connectivity index (χ3n) is 5.03. The Morgan fingerprint density at radius 3 is 2.41 bits per heavy atom. The molecule has 5 heteroatoms. The molecule has 1 aromatic carbocycles. The molecule has 27 heavy (non-hydrogen) atoms. The number of benzene rings is 1. The lowest BCUT2D eigenvalue weighted by atomic mass is 9.73. The van der Waals surface area contributed by atoms with Gasteiger partial charge in [0.05, 0.1) is 16.8 Å². The van der Waals surface area contributed by atoms with Crippen molar-refractivity contribution in [3.63, 3.8) is 0 Å². The second-order valence-corrected chi connectivity index (χ2v) is 9.08. The van der Waals surface area contributed by atoms with Crippen LogP contribution in [0.15, 0.2) is 36.9 Å². The number of allylic oxidation sites excluding steroid dienone is 1. The minimum absolute atomic E-state index is 0.213. The van der Waals surface area contributed by atoms with Gasteiger partial charge in [0.25, 0.3) is 0 Å². The Kier molecular flexibility index (Phi) is 5.83. The summed E-state index contributed by atoms with van der Waals surface area (Å²) in [4.78, 5) is 12.5. The summed E-state index contributed by atoms with van der Waals surface area (Å²) >= 11 is 0. The Hall–Kier alpha value is -1.59. The van der Waals surface area contributed by atoms with E-state index in [1.54, 1.807) is 18.2 Å². The maximum atomic E-state index is 12.5. The largest absolute Gasteiger partial charge is 0.458 e. The zero-order valence-corrected chi connectivity index (χ0v) is 17.7. The first kappa shape index (κ1) is 20.2. The molecule has 1 heterocycles. The van der Waals surface area contributed by atoms with Crippen molar-refractivity contribution in [2.24, 2.45) is 0 Å². The average molecular weight is 373 g/mol. The molecule has 0 amide bonds. The predicted octanol–water partition coefficient (Wildman–Crippen LogP) is 5.39. The second kappa shape index (κ2) is 7.80. The van der Waals surface area contributed by atoms with E-state index in [1.165, 1.54) is 0 Å². The van der Waals surface area contributed by atoms with E-state index in [0.29, 0.717) is 12.0 Å². The Morgan fingerprint density at radius 2 is 1.89 bits per heavy atom. The van der Waals surface area contributed by atoms with Crippen LogP contribution in [0.5, 0.6) is 0 Å². The second-order valence-electron chi connectivity index (χ2n) is 9.08. The van der Waals surface area contributed by atoms with Gasteiger partial charge >= 0.3 is 13.1 Å². The molecule has 0 bridgehead atoms. The summed E-state index contributed by atoms with van der Waals surface area (Å²) in [6.07, 6.45) is 1.71. The summed E-state index contributed by atoms with van der Waals surface area (Å²) in [5.74, 6) is -0.585. The molecule has 2 rings (SSSR count). The van der Waals surface area contributed by atoms with E-state index in [9.17, 15) is 4.79 Å². The smallest absolute Gasteiger partial charge is 0.456 e. The lowest BCUT2D eigenvalue weighted by Crippen LogP contribution is -2.41. The van der Waals surface area contributed by atoms with Crippen molar-refractivity contribution in [1.29, 1.82) is 0 Å². The average Bonchev–Trinajstić information content (AvgIpc) is 2.78. The molecule has 148 valence electrons. The number of hydrogen-bond acceptors (Lipinski definition) is 4. The van der Waals surface area contributed by atoms with Crippen LogP contribution in [0.4, 0.5) is 0 Å². The first-order valence-corrected chi connectivity index (χ1v) is 9.49. The van der Waals surface area contributed by atoms with Crippen molar-refractivity contribution in [2.75, 3.05) is 0 Å². The molecule has 0 unspecified atom stereocenters. The van der Waals surface area contributed by atoms with Crippen LogP contribution in [-0.4, -0.2) is 29.9 Å². The van der Waals surface area contributed by atoms with E-state index in [0.717, 1.165) is 5.56 Å². The molecule has 0 saturated carbocycles. The topological polar surface area (TPSA) is 44.8 Å². The quantitative estimate of drug-likeness (QED) is 0.381. The summed E-state index contributed by atoms with van der Waals surface area (Å²) in [7, 11) is -0.653. The van der Waals surface area contributed by atoms with E-state index < -0.39 is 30.2 Å². The number of ether oxygens (including phenoxy) is 1. The first-order chi connectivity index (χ1) is 12.8. The van der Waals surface area contributed by atoms with E-state index >= 15 is 0 Å². The normalized spacial score (nSPS) is 21.3. The van der Waals surface area contributed by atoms with Gasteiger partial charge in [0, 0.05) is 1.37 Å². The third kappa shape index (κ3) is 5.46. The van der Waals surface area contributed by atoms with Crippen molar-refractivity contribution in [2.45, 2.75) is 83.9 Å². The van der Waals surface area contributed by atoms with Gasteiger partial charge in [-0.1, -0.05) is 18.2 Å². The van der Waals surface area contributed by atoms with Gasteiger partial charge in [-0.2, -0.15) is 0 Å². The monoisotopic (exact) mass is 373 g/mol.